The molecule has 0 aliphatic heterocycles. The molecule has 0 bridgehead atoms. The van der Waals surface area contributed by atoms with Crippen LogP contribution < -0.4 is 14.8 Å². The fourth-order valence-electron chi connectivity index (χ4n) is 3.29. The molecule has 1 N–H and O–H groups in total. The van der Waals surface area contributed by atoms with Crippen LogP contribution in [0.4, 0.5) is 13.2 Å². The third kappa shape index (κ3) is 9.26. The number of hydrogen-bond acceptors (Lipinski definition) is 4. The van der Waals surface area contributed by atoms with Gasteiger partial charge in [0.2, 0.25) is 6.41 Å². The van der Waals surface area contributed by atoms with E-state index in [9.17, 15) is 13.2 Å². The lowest BCUT2D eigenvalue weighted by atomic mass is 10.1. The monoisotopic (exact) mass is 502 g/mol. The van der Waals surface area contributed by atoms with E-state index in [2.05, 4.69) is 23.2 Å². The zero-order valence-corrected chi connectivity index (χ0v) is 21.0. The molecule has 3 aromatic carbocycles. The van der Waals surface area contributed by atoms with Crippen molar-refractivity contribution in [1.29, 1.82) is 0 Å². The van der Waals surface area contributed by atoms with Gasteiger partial charge in [-0.2, -0.15) is 13.2 Å². The molecule has 0 aliphatic rings. The van der Waals surface area contributed by atoms with E-state index in [-0.39, 0.29) is 12.1 Å². The Balaban J connectivity index is 0.00000106. The topological polar surface area (TPSA) is 50.8 Å². The number of nitrogens with one attached hydrogen (secondary N) is 1. The number of amides is 1. The Morgan fingerprint density at radius 2 is 1.53 bits per heavy atom. The highest BCUT2D eigenvalue weighted by Gasteiger charge is 2.30. The standard InChI is InChI=1S/C26H28F3NO2.C2H5NO/c1-19(30(2)3)21-10-7-11-24(18-21)31-17-16-25(20-8-5-4-6-9-20)32-23-14-12-22(13-15-23)26(27,28)29;1-3-2-4/h4-15,18-19,25H,16-17H2,1-3H3;2H,1H3,(H,3,4). The highest BCUT2D eigenvalue weighted by atomic mass is 19.4. The second kappa shape index (κ2) is 14.1. The molecule has 36 heavy (non-hydrogen) atoms. The fourth-order valence-corrected chi connectivity index (χ4v) is 3.29. The number of carbonyl (C=O) groups is 1. The van der Waals surface area contributed by atoms with E-state index in [4.69, 9.17) is 14.3 Å². The van der Waals surface area contributed by atoms with E-state index >= 15 is 0 Å². The molecule has 0 saturated carbocycles. The van der Waals surface area contributed by atoms with Crippen LogP contribution in [0.25, 0.3) is 0 Å². The van der Waals surface area contributed by atoms with Gasteiger partial charge in [-0.1, -0.05) is 42.5 Å². The number of halogens is 3. The van der Waals surface area contributed by atoms with E-state index in [1.165, 1.54) is 12.1 Å². The Labute approximate surface area is 210 Å². The maximum atomic E-state index is 12.8. The molecule has 0 aromatic heterocycles. The van der Waals surface area contributed by atoms with Crippen LogP contribution in [-0.2, 0) is 11.0 Å². The minimum atomic E-state index is -4.37. The normalized spacial score (nSPS) is 12.7. The molecule has 0 fully saturated rings. The van der Waals surface area contributed by atoms with Gasteiger partial charge in [0.05, 0.1) is 12.2 Å². The average molecular weight is 503 g/mol. The van der Waals surface area contributed by atoms with E-state index in [0.717, 1.165) is 29.0 Å². The number of benzene rings is 3. The zero-order chi connectivity index (χ0) is 26.6. The Kier molecular flexibility index (Phi) is 11.3. The predicted molar refractivity (Wildman–Crippen MR) is 135 cm³/mol. The number of ether oxygens (including phenoxy) is 2. The lowest BCUT2D eigenvalue weighted by Gasteiger charge is -2.22. The van der Waals surface area contributed by atoms with E-state index in [0.29, 0.717) is 25.2 Å². The van der Waals surface area contributed by atoms with Crippen LogP contribution >= 0.6 is 0 Å². The first-order valence-corrected chi connectivity index (χ1v) is 11.5. The van der Waals surface area contributed by atoms with Crippen LogP contribution in [0.1, 0.15) is 42.2 Å². The van der Waals surface area contributed by atoms with Crippen molar-refractivity contribution in [3.8, 4) is 11.5 Å². The SMILES string of the molecule is CC(c1cccc(OCCC(Oc2ccc(C(F)(F)F)cc2)c2ccccc2)c1)N(C)C.CNC=O. The van der Waals surface area contributed by atoms with Crippen molar-refractivity contribution in [3.63, 3.8) is 0 Å². The van der Waals surface area contributed by atoms with Gasteiger partial charge in [0.25, 0.3) is 0 Å². The van der Waals surface area contributed by atoms with Crippen LogP contribution in [0, 0.1) is 0 Å². The molecule has 1 amide bonds. The van der Waals surface area contributed by atoms with Crippen molar-refractivity contribution in [3.05, 3.63) is 95.6 Å². The molecule has 0 saturated heterocycles. The molecule has 8 heteroatoms. The molecule has 0 radical (unpaired) electrons. The summed E-state index contributed by atoms with van der Waals surface area (Å²) in [5, 5.41) is 2.25. The van der Waals surface area contributed by atoms with Gasteiger partial charge in [-0.25, -0.2) is 0 Å². The second-order valence-corrected chi connectivity index (χ2v) is 8.30. The first kappa shape index (κ1) is 28.7. The van der Waals surface area contributed by atoms with Crippen molar-refractivity contribution in [2.45, 2.75) is 31.7 Å². The van der Waals surface area contributed by atoms with Gasteiger partial charge in [0.15, 0.2) is 0 Å². The predicted octanol–water partition coefficient (Wildman–Crippen LogP) is 6.28. The first-order valence-electron chi connectivity index (χ1n) is 11.5. The fraction of sp³-hybridized carbons (Fsp3) is 0.321. The number of hydrogen-bond donors (Lipinski definition) is 1. The van der Waals surface area contributed by atoms with Crippen molar-refractivity contribution < 1.29 is 27.4 Å². The Morgan fingerprint density at radius 3 is 2.08 bits per heavy atom. The number of rotatable bonds is 10. The number of alkyl halides is 3. The van der Waals surface area contributed by atoms with Gasteiger partial charge >= 0.3 is 6.18 Å². The van der Waals surface area contributed by atoms with Crippen molar-refractivity contribution >= 4 is 6.41 Å². The van der Waals surface area contributed by atoms with Gasteiger partial charge < -0.3 is 19.7 Å². The smallest absolute Gasteiger partial charge is 0.416 e. The molecule has 2 unspecified atom stereocenters. The summed E-state index contributed by atoms with van der Waals surface area (Å²) in [6.45, 7) is 2.53. The van der Waals surface area contributed by atoms with Crippen LogP contribution in [0.5, 0.6) is 11.5 Å². The molecule has 2 atom stereocenters. The van der Waals surface area contributed by atoms with Gasteiger partial charge in [-0.05, 0) is 68.5 Å². The van der Waals surface area contributed by atoms with Gasteiger partial charge in [0.1, 0.15) is 17.6 Å². The summed E-state index contributed by atoms with van der Waals surface area (Å²) in [5.41, 5.74) is 1.40. The number of nitrogens with zero attached hydrogens (tertiary/aromatic N) is 1. The third-order valence-corrected chi connectivity index (χ3v) is 5.51. The molecular formula is C28H33F3N2O3. The van der Waals surface area contributed by atoms with Crippen LogP contribution in [0.15, 0.2) is 78.9 Å². The molecular weight excluding hydrogens is 469 g/mol. The highest BCUT2D eigenvalue weighted by molar-refractivity contribution is 5.44. The maximum absolute atomic E-state index is 12.8. The summed E-state index contributed by atoms with van der Waals surface area (Å²) >= 11 is 0. The average Bonchev–Trinajstić information content (AvgIpc) is 2.88. The summed E-state index contributed by atoms with van der Waals surface area (Å²) in [6, 6.07) is 22.6. The highest BCUT2D eigenvalue weighted by Crippen LogP contribution is 2.32. The van der Waals surface area contributed by atoms with Crippen molar-refractivity contribution in [1.82, 2.24) is 10.2 Å². The van der Waals surface area contributed by atoms with E-state index < -0.39 is 11.7 Å². The lowest BCUT2D eigenvalue weighted by Crippen LogP contribution is -2.16. The Morgan fingerprint density at radius 1 is 0.917 bits per heavy atom. The summed E-state index contributed by atoms with van der Waals surface area (Å²) < 4.78 is 50.5. The molecule has 3 rings (SSSR count). The van der Waals surface area contributed by atoms with Crippen molar-refractivity contribution in [2.24, 2.45) is 0 Å². The largest absolute Gasteiger partial charge is 0.493 e. The van der Waals surface area contributed by atoms with Crippen LogP contribution in [0.2, 0.25) is 0 Å². The minimum absolute atomic E-state index is 0.263. The summed E-state index contributed by atoms with van der Waals surface area (Å²) in [6.07, 6.45) is -3.56. The molecule has 5 nitrogen and oxygen atoms in total. The quantitative estimate of drug-likeness (QED) is 0.332. The molecule has 0 heterocycles. The lowest BCUT2D eigenvalue weighted by molar-refractivity contribution is -0.137. The summed E-state index contributed by atoms with van der Waals surface area (Å²) in [7, 11) is 5.62. The van der Waals surface area contributed by atoms with Crippen molar-refractivity contribution in [2.75, 3.05) is 27.7 Å². The van der Waals surface area contributed by atoms with Crippen LogP contribution in [0.3, 0.4) is 0 Å². The Hall–Kier alpha value is -3.52. The first-order chi connectivity index (χ1) is 17.2. The van der Waals surface area contributed by atoms with Gasteiger partial charge in [-0.15, -0.1) is 0 Å². The van der Waals surface area contributed by atoms with Crippen LogP contribution in [-0.4, -0.2) is 39.1 Å². The van der Waals surface area contributed by atoms with Gasteiger partial charge in [0, 0.05) is 19.5 Å². The van der Waals surface area contributed by atoms with Gasteiger partial charge in [-0.3, -0.25) is 4.79 Å². The summed E-state index contributed by atoms with van der Waals surface area (Å²) in [5.74, 6) is 1.16. The van der Waals surface area contributed by atoms with E-state index in [1.54, 1.807) is 7.05 Å². The minimum Gasteiger partial charge on any atom is -0.493 e. The molecule has 194 valence electrons. The second-order valence-electron chi connectivity index (χ2n) is 8.30. The molecule has 3 aromatic rings. The Bertz CT molecular complexity index is 1040. The van der Waals surface area contributed by atoms with E-state index in [1.807, 2.05) is 62.6 Å². The third-order valence-electron chi connectivity index (χ3n) is 5.51. The number of carbonyl (C=O) groups excluding carboxylic acids is 1. The molecule has 0 aliphatic carbocycles. The zero-order valence-electron chi connectivity index (χ0n) is 21.0. The maximum Gasteiger partial charge on any atom is 0.416 e. The summed E-state index contributed by atoms with van der Waals surface area (Å²) in [4.78, 5) is 11.2. The molecule has 0 spiro atoms.